The predicted molar refractivity (Wildman–Crippen MR) is 199 cm³/mol. The summed E-state index contributed by atoms with van der Waals surface area (Å²) in [6.45, 7) is 8.48. The Morgan fingerprint density at radius 1 is 0.849 bits per heavy atom. The zero-order valence-electron chi connectivity index (χ0n) is 31.7. The van der Waals surface area contributed by atoms with Crippen LogP contribution in [-0.4, -0.2) is 79.8 Å². The van der Waals surface area contributed by atoms with E-state index in [-0.39, 0.29) is 54.5 Å². The number of aliphatic hydroxyl groups excluding tert-OH is 2. The lowest BCUT2D eigenvalue weighted by Gasteiger charge is -2.57. The van der Waals surface area contributed by atoms with Crippen LogP contribution in [0.1, 0.15) is 138 Å². The summed E-state index contributed by atoms with van der Waals surface area (Å²) in [4.78, 5) is 54.0. The average molecular weight is 745 g/mol. The number of fused-ring (bicyclic) bond motifs is 3. The average Bonchev–Trinajstić information content (AvgIpc) is 3.11. The number of carbonyl (C=O) groups is 5. The van der Waals surface area contributed by atoms with Crippen molar-refractivity contribution in [1.82, 2.24) is 0 Å². The Labute approximate surface area is 313 Å². The lowest BCUT2D eigenvalue weighted by molar-refractivity contribution is -0.172. The highest BCUT2D eigenvalue weighted by molar-refractivity contribution is 5.93. The van der Waals surface area contributed by atoms with E-state index in [1.165, 1.54) is 30.2 Å². The Morgan fingerprint density at radius 2 is 1.40 bits per heavy atom. The van der Waals surface area contributed by atoms with E-state index in [0.717, 1.165) is 76.7 Å². The van der Waals surface area contributed by atoms with Gasteiger partial charge in [-0.15, -0.1) is 0 Å². The fourth-order valence-electron chi connectivity index (χ4n) is 8.02. The van der Waals surface area contributed by atoms with E-state index in [9.17, 15) is 29.1 Å². The maximum absolute atomic E-state index is 13.0. The molecule has 0 aliphatic heterocycles. The third-order valence-corrected chi connectivity index (χ3v) is 11.1. The quantitative estimate of drug-likeness (QED) is 0.0722. The molecule has 1 fully saturated rings. The first-order valence-electron chi connectivity index (χ1n) is 18.8. The number of aliphatic carboxylic acids is 2. The molecule has 0 amide bonds. The minimum atomic E-state index is -1.13. The van der Waals surface area contributed by atoms with Crippen LogP contribution < -0.4 is 0 Å². The standard InChI is InChI=1S/C23H36O4.C10H18O4.C8H6O4/c1-15(2)16-6-8-19-17(12-16)7-9-20-22(19,3)10-5-11-23(20,4)21(26)27-14-18(25)13-24;11-9(12)7-5-3-1-2-4-6-8-10(13)14;9-7(10)5-2-1-3-6(4-5)8(11)12/h7,12,15,18-20,24-25H,5-6,8-11,13-14H2,1-4H3;1-8H2,(H,11,12)(H,13,14);1-4H,(H,9,10)(H,11,12)/t18?,19-,20?,22+,23+;;/m0../s1. The molecule has 0 heterocycles. The minimum Gasteiger partial charge on any atom is -0.481 e. The Morgan fingerprint density at radius 3 is 1.89 bits per heavy atom. The van der Waals surface area contributed by atoms with Crippen molar-refractivity contribution in [3.05, 3.63) is 58.7 Å². The molecule has 1 aromatic rings. The molecule has 53 heavy (non-hydrogen) atoms. The second-order valence-corrected chi connectivity index (χ2v) is 15.3. The van der Waals surface area contributed by atoms with Crippen LogP contribution >= 0.6 is 0 Å². The summed E-state index contributed by atoms with van der Waals surface area (Å²) in [5.74, 6) is -2.56. The first-order valence-corrected chi connectivity index (χ1v) is 18.8. The molecule has 0 bridgehead atoms. The van der Waals surface area contributed by atoms with E-state index in [1.54, 1.807) is 5.57 Å². The van der Waals surface area contributed by atoms with Gasteiger partial charge in [-0.25, -0.2) is 9.59 Å². The molecule has 296 valence electrons. The van der Waals surface area contributed by atoms with Gasteiger partial charge in [0.25, 0.3) is 0 Å². The molecule has 3 aliphatic rings. The lowest BCUT2D eigenvalue weighted by Crippen LogP contribution is -2.53. The van der Waals surface area contributed by atoms with Crippen molar-refractivity contribution in [3.8, 4) is 0 Å². The fraction of sp³-hybridized carbons (Fsp3) is 0.634. The molecule has 0 radical (unpaired) electrons. The van der Waals surface area contributed by atoms with Crippen LogP contribution in [0, 0.1) is 28.6 Å². The number of esters is 1. The Hall–Kier alpha value is -4.03. The highest BCUT2D eigenvalue weighted by atomic mass is 16.5. The number of aliphatic hydroxyl groups is 2. The monoisotopic (exact) mass is 744 g/mol. The second-order valence-electron chi connectivity index (χ2n) is 15.3. The predicted octanol–water partition coefficient (Wildman–Crippen LogP) is 7.38. The summed E-state index contributed by atoms with van der Waals surface area (Å²) in [5.41, 5.74) is 2.59. The number of aromatic carboxylic acids is 2. The van der Waals surface area contributed by atoms with Gasteiger partial charge in [0, 0.05) is 12.8 Å². The summed E-state index contributed by atoms with van der Waals surface area (Å²) in [6, 6.07) is 5.20. The number of carboxylic acids is 4. The van der Waals surface area contributed by atoms with Crippen molar-refractivity contribution in [2.45, 2.75) is 124 Å². The number of benzene rings is 1. The lowest BCUT2D eigenvalue weighted by atomic mass is 9.47. The van der Waals surface area contributed by atoms with Crippen molar-refractivity contribution in [1.29, 1.82) is 0 Å². The van der Waals surface area contributed by atoms with Gasteiger partial charge in [-0.2, -0.15) is 0 Å². The Kier molecular flexibility index (Phi) is 18.4. The number of rotatable bonds is 16. The molecular formula is C41H60O12. The van der Waals surface area contributed by atoms with Crippen LogP contribution in [0.25, 0.3) is 0 Å². The summed E-state index contributed by atoms with van der Waals surface area (Å²) in [7, 11) is 0. The van der Waals surface area contributed by atoms with Crippen LogP contribution in [0.5, 0.6) is 0 Å². The minimum absolute atomic E-state index is 0.0186. The van der Waals surface area contributed by atoms with Gasteiger partial charge in [-0.1, -0.05) is 76.7 Å². The summed E-state index contributed by atoms with van der Waals surface area (Å²) in [6.07, 6.45) is 15.9. The zero-order valence-corrected chi connectivity index (χ0v) is 31.7. The van der Waals surface area contributed by atoms with Crippen LogP contribution in [0.3, 0.4) is 0 Å². The smallest absolute Gasteiger partial charge is 0.335 e. The van der Waals surface area contributed by atoms with Crippen LogP contribution in [-0.2, 0) is 19.1 Å². The number of hydrogen-bond acceptors (Lipinski definition) is 8. The second kappa shape index (κ2) is 21.6. The van der Waals surface area contributed by atoms with E-state index < -0.39 is 35.4 Å². The van der Waals surface area contributed by atoms with Gasteiger partial charge in [0.15, 0.2) is 0 Å². The molecular weight excluding hydrogens is 684 g/mol. The molecule has 1 saturated carbocycles. The van der Waals surface area contributed by atoms with Crippen molar-refractivity contribution in [3.63, 3.8) is 0 Å². The fourth-order valence-corrected chi connectivity index (χ4v) is 8.02. The number of allylic oxidation sites excluding steroid dienone is 4. The Bertz CT molecular complexity index is 1410. The SMILES string of the molecule is CC(C)C1=CC2=CCC3[C@](C)(C(=O)OCC(O)CO)CCC[C@]3(C)[C@H]2CC1.O=C(O)CCCCCCCCC(=O)O.O=C(O)c1cccc(C(=O)O)c1. The topological polar surface area (TPSA) is 216 Å². The zero-order chi connectivity index (χ0) is 39.8. The molecule has 2 unspecified atom stereocenters. The molecule has 1 aromatic carbocycles. The van der Waals surface area contributed by atoms with E-state index in [2.05, 4.69) is 39.8 Å². The van der Waals surface area contributed by atoms with Gasteiger partial charge in [0.05, 0.1) is 23.1 Å². The molecule has 6 N–H and O–H groups in total. The number of carboxylic acid groups (broad SMARTS) is 4. The third kappa shape index (κ3) is 13.7. The molecule has 3 aliphatic carbocycles. The van der Waals surface area contributed by atoms with E-state index in [4.69, 9.17) is 30.3 Å². The number of carbonyl (C=O) groups excluding carboxylic acids is 1. The van der Waals surface area contributed by atoms with Crippen molar-refractivity contribution < 1.29 is 59.3 Å². The molecule has 5 atom stereocenters. The number of ether oxygens (including phenoxy) is 1. The maximum atomic E-state index is 13.0. The molecule has 4 rings (SSSR count). The third-order valence-electron chi connectivity index (χ3n) is 11.1. The normalized spacial score (nSPS) is 23.6. The van der Waals surface area contributed by atoms with Crippen molar-refractivity contribution in [2.24, 2.45) is 28.6 Å². The van der Waals surface area contributed by atoms with Gasteiger partial charge in [0.1, 0.15) is 12.7 Å². The summed E-state index contributed by atoms with van der Waals surface area (Å²) in [5, 5.41) is 52.2. The highest BCUT2D eigenvalue weighted by Crippen LogP contribution is 2.62. The van der Waals surface area contributed by atoms with Gasteiger partial charge < -0.3 is 35.4 Å². The molecule has 0 aromatic heterocycles. The van der Waals surface area contributed by atoms with Gasteiger partial charge in [-0.3, -0.25) is 14.4 Å². The van der Waals surface area contributed by atoms with E-state index in [1.807, 2.05) is 0 Å². The van der Waals surface area contributed by atoms with Gasteiger partial charge in [0.2, 0.25) is 0 Å². The molecule has 0 spiro atoms. The van der Waals surface area contributed by atoms with E-state index >= 15 is 0 Å². The van der Waals surface area contributed by atoms with Crippen LogP contribution in [0.4, 0.5) is 0 Å². The number of unbranched alkanes of at least 4 members (excludes halogenated alkanes) is 5. The first kappa shape index (κ1) is 45.1. The maximum Gasteiger partial charge on any atom is 0.335 e. The van der Waals surface area contributed by atoms with Gasteiger partial charge >= 0.3 is 29.8 Å². The molecule has 0 saturated heterocycles. The highest BCUT2D eigenvalue weighted by Gasteiger charge is 2.57. The summed E-state index contributed by atoms with van der Waals surface area (Å²) >= 11 is 0. The van der Waals surface area contributed by atoms with Crippen LogP contribution in [0.15, 0.2) is 47.6 Å². The molecule has 12 nitrogen and oxygen atoms in total. The largest absolute Gasteiger partial charge is 0.481 e. The van der Waals surface area contributed by atoms with E-state index in [0.29, 0.717) is 11.8 Å². The summed E-state index contributed by atoms with van der Waals surface area (Å²) < 4.78 is 5.43. The molecule has 12 heteroatoms. The van der Waals surface area contributed by atoms with Crippen molar-refractivity contribution >= 4 is 29.8 Å². The van der Waals surface area contributed by atoms with Crippen molar-refractivity contribution in [2.75, 3.05) is 13.2 Å². The first-order chi connectivity index (χ1) is 25.0. The Balaban J connectivity index is 0.000000313. The van der Waals surface area contributed by atoms with Crippen LogP contribution in [0.2, 0.25) is 0 Å². The van der Waals surface area contributed by atoms with Gasteiger partial charge in [-0.05, 0) is 98.8 Å². The number of hydrogen-bond donors (Lipinski definition) is 6.